The van der Waals surface area contributed by atoms with Gasteiger partial charge in [-0.15, -0.1) is 11.8 Å². The first-order valence-corrected chi connectivity index (χ1v) is 9.64. The topological polar surface area (TPSA) is 99.1 Å². The number of thioether (sulfide) groups is 1. The van der Waals surface area contributed by atoms with Gasteiger partial charge in [0.1, 0.15) is 11.7 Å². The molecular formula is C14H27N3O7S2. The molecule has 0 aromatic heterocycles. The van der Waals surface area contributed by atoms with Crippen LogP contribution in [0.3, 0.4) is 0 Å². The standard InChI is InChI=1S/C14H27N3O7S2/c1-12(25-5)15-24-14(19)17(3)26-16(2)13(18)23-11-10-22-9-8-21-7-6-20-4/h6-11H2,1-5H3/b15-12+. The highest BCUT2D eigenvalue weighted by Crippen LogP contribution is 2.14. The summed E-state index contributed by atoms with van der Waals surface area (Å²) >= 11 is 2.18. The van der Waals surface area contributed by atoms with E-state index in [2.05, 4.69) is 5.16 Å². The van der Waals surface area contributed by atoms with Crippen LogP contribution in [-0.4, -0.2) is 92.9 Å². The number of carbonyl (C=O) groups is 2. The fraction of sp³-hybridized carbons (Fsp3) is 0.786. The smallest absolute Gasteiger partial charge is 0.446 e. The van der Waals surface area contributed by atoms with Crippen LogP contribution in [0, 0.1) is 0 Å². The fourth-order valence-electron chi connectivity index (χ4n) is 1.19. The van der Waals surface area contributed by atoms with Gasteiger partial charge in [0.25, 0.3) is 0 Å². The van der Waals surface area contributed by atoms with Gasteiger partial charge < -0.3 is 18.9 Å². The van der Waals surface area contributed by atoms with E-state index < -0.39 is 12.2 Å². The van der Waals surface area contributed by atoms with Gasteiger partial charge in [-0.2, -0.15) is 0 Å². The van der Waals surface area contributed by atoms with E-state index in [1.165, 1.54) is 25.9 Å². The average molecular weight is 414 g/mol. The largest absolute Gasteiger partial charge is 0.447 e. The first-order valence-electron chi connectivity index (χ1n) is 7.68. The van der Waals surface area contributed by atoms with Crippen molar-refractivity contribution in [3.63, 3.8) is 0 Å². The molecule has 0 rings (SSSR count). The molecule has 0 aromatic carbocycles. The van der Waals surface area contributed by atoms with Crippen LogP contribution in [0.1, 0.15) is 6.92 Å². The summed E-state index contributed by atoms with van der Waals surface area (Å²) in [6, 6.07) is 0. The second-order valence-corrected chi connectivity index (χ2v) is 6.84. The third kappa shape index (κ3) is 13.1. The summed E-state index contributed by atoms with van der Waals surface area (Å²) in [7, 11) is 4.52. The molecule has 0 heterocycles. The number of hydrogen-bond donors (Lipinski definition) is 0. The Balaban J connectivity index is 3.83. The van der Waals surface area contributed by atoms with Crippen molar-refractivity contribution in [3.8, 4) is 0 Å². The van der Waals surface area contributed by atoms with Crippen LogP contribution in [0.25, 0.3) is 0 Å². The van der Waals surface area contributed by atoms with Crippen molar-refractivity contribution in [2.45, 2.75) is 6.92 Å². The lowest BCUT2D eigenvalue weighted by Gasteiger charge is -2.20. The van der Waals surface area contributed by atoms with Crippen LogP contribution in [0.4, 0.5) is 9.59 Å². The van der Waals surface area contributed by atoms with Gasteiger partial charge in [0.2, 0.25) is 0 Å². The lowest BCUT2D eigenvalue weighted by atomic mass is 10.7. The molecule has 0 aromatic rings. The molecule has 0 fully saturated rings. The average Bonchev–Trinajstić information content (AvgIpc) is 2.63. The summed E-state index contributed by atoms with van der Waals surface area (Å²) in [5.74, 6) is 0. The number of ether oxygens (including phenoxy) is 4. The SMILES string of the molecule is COCCOCCOCCOC(=O)N(C)SN(C)C(=O)O/N=C(\C)SC. The van der Waals surface area contributed by atoms with Crippen LogP contribution >= 0.6 is 23.9 Å². The molecule has 0 aliphatic rings. The van der Waals surface area contributed by atoms with Crippen molar-refractivity contribution < 1.29 is 33.4 Å². The zero-order valence-corrected chi connectivity index (χ0v) is 17.4. The fourth-order valence-corrected chi connectivity index (χ4v) is 1.89. The molecule has 0 unspecified atom stereocenters. The number of rotatable bonds is 12. The maximum Gasteiger partial charge on any atom is 0.447 e. The van der Waals surface area contributed by atoms with Gasteiger partial charge in [-0.05, 0) is 13.2 Å². The van der Waals surface area contributed by atoms with Gasteiger partial charge in [0.05, 0.1) is 45.2 Å². The number of methoxy groups -OCH3 is 1. The van der Waals surface area contributed by atoms with Gasteiger partial charge in [0.15, 0.2) is 0 Å². The zero-order valence-electron chi connectivity index (χ0n) is 15.8. The Morgan fingerprint density at radius 3 is 2.04 bits per heavy atom. The van der Waals surface area contributed by atoms with Crippen molar-refractivity contribution in [2.24, 2.45) is 5.16 Å². The van der Waals surface area contributed by atoms with Crippen molar-refractivity contribution in [1.29, 1.82) is 0 Å². The number of carbonyl (C=O) groups excluding carboxylic acids is 2. The van der Waals surface area contributed by atoms with Crippen molar-refractivity contribution in [3.05, 3.63) is 0 Å². The molecule has 0 bridgehead atoms. The predicted octanol–water partition coefficient (Wildman–Crippen LogP) is 2.06. The lowest BCUT2D eigenvalue weighted by molar-refractivity contribution is 0.0120. The normalized spacial score (nSPS) is 11.2. The van der Waals surface area contributed by atoms with E-state index in [4.69, 9.17) is 23.8 Å². The molecule has 0 N–H and O–H groups in total. The number of hydrogen-bond acceptors (Lipinski definition) is 10. The molecular weight excluding hydrogens is 386 g/mol. The second kappa shape index (κ2) is 16.0. The minimum atomic E-state index is -0.708. The summed E-state index contributed by atoms with van der Waals surface area (Å²) in [6.45, 7) is 3.94. The monoisotopic (exact) mass is 413 g/mol. The highest BCUT2D eigenvalue weighted by Gasteiger charge is 2.19. The van der Waals surface area contributed by atoms with Crippen LogP contribution in [0.5, 0.6) is 0 Å². The Hall–Kier alpha value is -1.21. The molecule has 2 amide bonds. The maximum atomic E-state index is 11.8. The summed E-state index contributed by atoms with van der Waals surface area (Å²) in [6.07, 6.45) is 0.492. The van der Waals surface area contributed by atoms with Crippen LogP contribution in [0.15, 0.2) is 5.16 Å². The van der Waals surface area contributed by atoms with Gasteiger partial charge in [0, 0.05) is 21.2 Å². The summed E-state index contributed by atoms with van der Waals surface area (Å²) in [5, 5.41) is 4.23. The van der Waals surface area contributed by atoms with Crippen molar-refractivity contribution in [2.75, 3.05) is 67.1 Å². The van der Waals surface area contributed by atoms with Crippen molar-refractivity contribution in [1.82, 2.24) is 8.61 Å². The van der Waals surface area contributed by atoms with E-state index >= 15 is 0 Å². The Bertz CT molecular complexity index is 441. The molecule has 0 radical (unpaired) electrons. The minimum absolute atomic E-state index is 0.0905. The molecule has 26 heavy (non-hydrogen) atoms. The number of nitrogens with zero attached hydrogens (tertiary/aromatic N) is 3. The Morgan fingerprint density at radius 2 is 1.46 bits per heavy atom. The van der Waals surface area contributed by atoms with Crippen molar-refractivity contribution >= 4 is 41.1 Å². The molecule has 10 nitrogen and oxygen atoms in total. The Morgan fingerprint density at radius 1 is 0.923 bits per heavy atom. The summed E-state index contributed by atoms with van der Waals surface area (Å²) in [5.41, 5.74) is 0. The van der Waals surface area contributed by atoms with Gasteiger partial charge in [-0.25, -0.2) is 18.2 Å². The Labute approximate surface area is 162 Å². The molecule has 0 aliphatic carbocycles. The zero-order chi connectivity index (χ0) is 19.8. The molecule has 0 saturated carbocycles. The highest BCUT2D eigenvalue weighted by atomic mass is 32.2. The molecule has 0 spiro atoms. The molecule has 0 atom stereocenters. The van der Waals surface area contributed by atoms with E-state index in [0.29, 0.717) is 31.5 Å². The first kappa shape index (κ1) is 24.8. The Kier molecular flexibility index (Phi) is 15.3. The number of amides is 2. The third-order valence-corrected chi connectivity index (χ3v) is 4.02. The molecule has 12 heteroatoms. The number of oxime groups is 1. The first-order chi connectivity index (χ1) is 12.4. The summed E-state index contributed by atoms with van der Waals surface area (Å²) in [4.78, 5) is 28.2. The minimum Gasteiger partial charge on any atom is -0.446 e. The van der Waals surface area contributed by atoms with Crippen LogP contribution < -0.4 is 0 Å². The van der Waals surface area contributed by atoms with Gasteiger partial charge >= 0.3 is 12.2 Å². The quantitative estimate of drug-likeness (QED) is 0.119. The van der Waals surface area contributed by atoms with E-state index in [-0.39, 0.29) is 13.2 Å². The van der Waals surface area contributed by atoms with E-state index in [1.807, 2.05) is 6.26 Å². The summed E-state index contributed by atoms with van der Waals surface area (Å²) < 4.78 is 22.6. The van der Waals surface area contributed by atoms with Crippen LogP contribution in [-0.2, 0) is 23.8 Å². The van der Waals surface area contributed by atoms with Gasteiger partial charge in [-0.1, -0.05) is 5.16 Å². The van der Waals surface area contributed by atoms with E-state index in [9.17, 15) is 9.59 Å². The third-order valence-electron chi connectivity index (χ3n) is 2.56. The van der Waals surface area contributed by atoms with Crippen LogP contribution in [0.2, 0.25) is 0 Å². The maximum absolute atomic E-state index is 11.8. The second-order valence-electron chi connectivity index (χ2n) is 4.58. The molecule has 152 valence electrons. The highest BCUT2D eigenvalue weighted by molar-refractivity contribution is 8.13. The van der Waals surface area contributed by atoms with E-state index in [0.717, 1.165) is 20.7 Å². The molecule has 0 aliphatic heterocycles. The lowest BCUT2D eigenvalue weighted by Crippen LogP contribution is -2.30. The molecule has 0 saturated heterocycles. The predicted molar refractivity (Wildman–Crippen MR) is 101 cm³/mol. The van der Waals surface area contributed by atoms with E-state index in [1.54, 1.807) is 14.0 Å². The van der Waals surface area contributed by atoms with Gasteiger partial charge in [-0.3, -0.25) is 4.84 Å².